The number of carbonyl (C=O) groups is 2. The van der Waals surface area contributed by atoms with Crippen molar-refractivity contribution in [3.63, 3.8) is 0 Å². The predicted molar refractivity (Wildman–Crippen MR) is 311 cm³/mol. The molecule has 0 spiro atoms. The highest BCUT2D eigenvalue weighted by atomic mass is 16.5. The lowest BCUT2D eigenvalue weighted by molar-refractivity contribution is 0.0843. The monoisotopic (exact) mass is 1040 g/mol. The molecule has 0 atom stereocenters. The van der Waals surface area contributed by atoms with E-state index in [1.165, 1.54) is 11.1 Å². The Kier molecular flexibility index (Phi) is 19.0. The van der Waals surface area contributed by atoms with E-state index in [0.717, 1.165) is 125 Å². The summed E-state index contributed by atoms with van der Waals surface area (Å²) in [7, 11) is 1.94. The van der Waals surface area contributed by atoms with Crippen molar-refractivity contribution in [2.45, 2.75) is 126 Å². The normalized spacial score (nSPS) is 14.1. The molecule has 0 aliphatic carbocycles. The van der Waals surface area contributed by atoms with Gasteiger partial charge >= 0.3 is 0 Å². The second-order valence-corrected chi connectivity index (χ2v) is 20.9. The van der Waals surface area contributed by atoms with E-state index in [1.54, 1.807) is 0 Å². The van der Waals surface area contributed by atoms with Gasteiger partial charge in [-0.25, -0.2) is 0 Å². The lowest BCUT2D eigenvalue weighted by Crippen LogP contribution is -2.42. The maximum Gasteiger partial charge on any atom is 0.253 e. The summed E-state index contributed by atoms with van der Waals surface area (Å²) in [5.41, 5.74) is 15.8. The number of amides is 2. The maximum absolute atomic E-state index is 14.6. The Morgan fingerprint density at radius 3 is 1.57 bits per heavy atom. The first-order valence-corrected chi connectivity index (χ1v) is 27.7. The van der Waals surface area contributed by atoms with Crippen molar-refractivity contribution in [3.05, 3.63) is 172 Å². The molecule has 6 aromatic rings. The first kappa shape index (κ1) is 56.4. The van der Waals surface area contributed by atoms with E-state index in [0.29, 0.717) is 61.6 Å². The number of ether oxygens (including phenoxy) is 2. The molecule has 0 radical (unpaired) electrons. The molecule has 6 N–H and O–H groups in total. The SMILES string of the molecule is CCNCc1ccc(-c2cc(C(=O)NCc3c(C)cc(C)[nH]c3=O)c(C)c(N(CCc3c(C)[nH]c(=O)c(CNC(=O)c4cc(-c5ccc(CNC)cc5)cc(N(CC)C5CCOCC5)c4C)c3C)C3CCOCC3)c2)cc1. The molecule has 2 aromatic heterocycles. The van der Waals surface area contributed by atoms with Crippen molar-refractivity contribution >= 4 is 23.2 Å². The minimum atomic E-state index is -0.265. The van der Waals surface area contributed by atoms with Crippen molar-refractivity contribution in [1.29, 1.82) is 0 Å². The minimum Gasteiger partial charge on any atom is -0.381 e. The average molecular weight is 1050 g/mol. The van der Waals surface area contributed by atoms with Gasteiger partial charge in [-0.2, -0.15) is 0 Å². The Balaban J connectivity index is 1.11. The van der Waals surface area contributed by atoms with Crippen LogP contribution in [0.15, 0.2) is 88.5 Å². The number of hydrogen-bond acceptors (Lipinski definition) is 10. The minimum absolute atomic E-state index is 0.0486. The van der Waals surface area contributed by atoms with Gasteiger partial charge in [0.25, 0.3) is 22.9 Å². The van der Waals surface area contributed by atoms with E-state index in [1.807, 2.05) is 66.8 Å². The maximum atomic E-state index is 14.6. The van der Waals surface area contributed by atoms with Crippen molar-refractivity contribution in [2.75, 3.05) is 62.9 Å². The van der Waals surface area contributed by atoms with Crippen LogP contribution in [0.2, 0.25) is 0 Å². The predicted octanol–water partition coefficient (Wildman–Crippen LogP) is 9.17. The average Bonchev–Trinajstić information content (AvgIpc) is 3.43. The zero-order chi connectivity index (χ0) is 54.8. The van der Waals surface area contributed by atoms with Gasteiger partial charge in [0.1, 0.15) is 0 Å². The number of hydrogen-bond donors (Lipinski definition) is 6. The molecule has 2 amide bonds. The van der Waals surface area contributed by atoms with E-state index in [4.69, 9.17) is 9.47 Å². The molecule has 8 rings (SSSR count). The van der Waals surface area contributed by atoms with Crippen LogP contribution in [0.5, 0.6) is 0 Å². The number of anilines is 2. The van der Waals surface area contributed by atoms with Crippen LogP contribution >= 0.6 is 0 Å². The largest absolute Gasteiger partial charge is 0.381 e. The van der Waals surface area contributed by atoms with Gasteiger partial charge in [-0.05, 0) is 186 Å². The van der Waals surface area contributed by atoms with Gasteiger partial charge in [-0.3, -0.25) is 19.2 Å². The number of pyridine rings is 2. The first-order chi connectivity index (χ1) is 37.2. The van der Waals surface area contributed by atoms with E-state index >= 15 is 0 Å². The highest BCUT2D eigenvalue weighted by Crippen LogP contribution is 2.37. The van der Waals surface area contributed by atoms with E-state index in [9.17, 15) is 19.2 Å². The number of nitrogens with zero attached hydrogens (tertiary/aromatic N) is 2. The highest BCUT2D eigenvalue weighted by Gasteiger charge is 2.29. The lowest BCUT2D eigenvalue weighted by Gasteiger charge is -2.38. The number of aromatic nitrogens is 2. The molecule has 2 aliphatic rings. The topological polar surface area (TPSA) is 173 Å². The van der Waals surface area contributed by atoms with Gasteiger partial charge in [0.05, 0.1) is 0 Å². The third kappa shape index (κ3) is 13.3. The third-order valence-electron chi connectivity index (χ3n) is 15.9. The zero-order valence-corrected chi connectivity index (χ0v) is 46.8. The van der Waals surface area contributed by atoms with Crippen molar-refractivity contribution < 1.29 is 19.1 Å². The van der Waals surface area contributed by atoms with E-state index in [-0.39, 0.29) is 48.1 Å². The molecule has 2 fully saturated rings. The molecule has 14 nitrogen and oxygen atoms in total. The van der Waals surface area contributed by atoms with Crippen LogP contribution in [-0.4, -0.2) is 87.0 Å². The molecule has 2 saturated heterocycles. The van der Waals surface area contributed by atoms with Gasteiger partial charge in [-0.1, -0.05) is 55.5 Å². The Hall–Kier alpha value is -6.84. The van der Waals surface area contributed by atoms with Crippen LogP contribution in [0.1, 0.15) is 122 Å². The number of carbonyl (C=O) groups excluding carboxylic acids is 2. The highest BCUT2D eigenvalue weighted by molar-refractivity contribution is 6.00. The molecular formula is C63H80N8O6. The summed E-state index contributed by atoms with van der Waals surface area (Å²) in [6, 6.07) is 27.6. The molecule has 2 aliphatic heterocycles. The fourth-order valence-corrected chi connectivity index (χ4v) is 11.4. The quantitative estimate of drug-likeness (QED) is 0.0408. The van der Waals surface area contributed by atoms with E-state index in [2.05, 4.69) is 116 Å². The number of nitrogens with one attached hydrogen (secondary N) is 6. The molecule has 77 heavy (non-hydrogen) atoms. The van der Waals surface area contributed by atoms with Crippen LogP contribution in [-0.2, 0) is 42.1 Å². The van der Waals surface area contributed by atoms with Crippen molar-refractivity contribution in [1.82, 2.24) is 31.2 Å². The zero-order valence-electron chi connectivity index (χ0n) is 46.8. The van der Waals surface area contributed by atoms with Crippen LogP contribution in [0.3, 0.4) is 0 Å². The van der Waals surface area contributed by atoms with Crippen molar-refractivity contribution in [2.24, 2.45) is 0 Å². The van der Waals surface area contributed by atoms with E-state index < -0.39 is 0 Å². The molecule has 0 saturated carbocycles. The Labute approximate surface area is 454 Å². The number of aryl methyl sites for hydroxylation is 3. The van der Waals surface area contributed by atoms with Crippen LogP contribution in [0.25, 0.3) is 22.3 Å². The summed E-state index contributed by atoms with van der Waals surface area (Å²) >= 11 is 0. The number of rotatable bonds is 21. The molecule has 0 unspecified atom stereocenters. The van der Waals surface area contributed by atoms with Crippen LogP contribution in [0, 0.1) is 41.5 Å². The fourth-order valence-electron chi connectivity index (χ4n) is 11.4. The van der Waals surface area contributed by atoms with Crippen LogP contribution < -0.4 is 42.2 Å². The summed E-state index contributed by atoms with van der Waals surface area (Å²) in [5, 5.41) is 12.9. The van der Waals surface area contributed by atoms with Crippen LogP contribution in [0.4, 0.5) is 11.4 Å². The summed E-state index contributed by atoms with van der Waals surface area (Å²) in [5.74, 6) is -0.506. The molecule has 14 heteroatoms. The number of benzene rings is 4. The Bertz CT molecular complexity index is 3150. The summed E-state index contributed by atoms with van der Waals surface area (Å²) in [6.07, 6.45) is 4.02. The molecule has 0 bridgehead atoms. The smallest absolute Gasteiger partial charge is 0.253 e. The number of H-pyrrole nitrogens is 2. The van der Waals surface area contributed by atoms with Crippen molar-refractivity contribution in [3.8, 4) is 22.3 Å². The van der Waals surface area contributed by atoms with Gasteiger partial charge in [0.2, 0.25) is 0 Å². The third-order valence-corrected chi connectivity index (χ3v) is 15.9. The summed E-state index contributed by atoms with van der Waals surface area (Å²) in [4.78, 5) is 67.0. The Morgan fingerprint density at radius 2 is 1.06 bits per heavy atom. The second-order valence-electron chi connectivity index (χ2n) is 20.9. The molecule has 408 valence electrons. The van der Waals surface area contributed by atoms with Gasteiger partial charge in [0, 0.05) is 123 Å². The molecule has 4 heterocycles. The fraction of sp³-hybridized carbons (Fsp3) is 0.429. The van der Waals surface area contributed by atoms with Gasteiger partial charge < -0.3 is 50.5 Å². The standard InChI is InChI=1S/C63H80N8O6/c1-10-65-36-46-14-18-48(19-15-46)50-32-55(60(72)66-37-56-39(3)30-40(4)68-62(56)74)43(7)59(34-50)71(52-23-28-77-29-24-52)25-20-53-41(5)57(63(75)69-44(53)8)38-67-61(73)54-31-49(47-16-12-45(13-17-47)35-64-9)33-58(42(54)6)70(11-2)51-21-26-76-27-22-51/h12-19,30-34,51-52,64-65H,10-11,20-29,35-38H2,1-9H3,(H,66,72)(H,67,73)(H,68,74)(H,69,75). The molecule has 4 aromatic carbocycles. The lowest BCUT2D eigenvalue weighted by atomic mass is 9.93. The second kappa shape index (κ2) is 26.0. The van der Waals surface area contributed by atoms with Gasteiger partial charge in [0.15, 0.2) is 0 Å². The Morgan fingerprint density at radius 1 is 0.571 bits per heavy atom. The molecular weight excluding hydrogens is 965 g/mol. The summed E-state index contributed by atoms with van der Waals surface area (Å²) in [6.45, 7) is 22.5. The first-order valence-electron chi connectivity index (χ1n) is 27.7. The van der Waals surface area contributed by atoms with Gasteiger partial charge in [-0.15, -0.1) is 0 Å². The summed E-state index contributed by atoms with van der Waals surface area (Å²) < 4.78 is 11.7. The number of aromatic amines is 2.